The van der Waals surface area contributed by atoms with Crippen LogP contribution in [0.4, 0.5) is 11.4 Å². The monoisotopic (exact) mass is 427 g/mol. The minimum Gasteiger partial charge on any atom is -0.486 e. The highest BCUT2D eigenvalue weighted by Crippen LogP contribution is 2.23. The van der Waals surface area contributed by atoms with Crippen molar-refractivity contribution in [1.29, 1.82) is 0 Å². The van der Waals surface area contributed by atoms with Gasteiger partial charge in [-0.2, -0.15) is 0 Å². The van der Waals surface area contributed by atoms with Gasteiger partial charge in [0.2, 0.25) is 5.91 Å². The third-order valence-electron chi connectivity index (χ3n) is 4.24. The van der Waals surface area contributed by atoms with Gasteiger partial charge in [0, 0.05) is 23.9 Å². The highest BCUT2D eigenvalue weighted by Gasteiger charge is 2.15. The number of carbonyl (C=O) groups is 1. The normalized spacial score (nSPS) is 10.6. The van der Waals surface area contributed by atoms with Crippen molar-refractivity contribution in [2.75, 3.05) is 11.1 Å². The third-order valence-corrected chi connectivity index (χ3v) is 5.21. The number of para-hydroxylation sites is 1. The molecule has 3 aromatic rings. The lowest BCUT2D eigenvalue weighted by atomic mass is 10.2. The minimum atomic E-state index is -0.470. The van der Waals surface area contributed by atoms with E-state index in [0.717, 1.165) is 5.75 Å². The summed E-state index contributed by atoms with van der Waals surface area (Å²) in [5.74, 6) is 1.22. The number of amides is 1. The van der Waals surface area contributed by atoms with Gasteiger partial charge < -0.3 is 14.6 Å². The molecule has 0 spiro atoms. The van der Waals surface area contributed by atoms with Gasteiger partial charge in [0.1, 0.15) is 12.4 Å². The largest absolute Gasteiger partial charge is 0.486 e. The van der Waals surface area contributed by atoms with Gasteiger partial charge in [-0.05, 0) is 32.0 Å². The van der Waals surface area contributed by atoms with Crippen LogP contribution in [-0.4, -0.2) is 31.3 Å². The Morgan fingerprint density at radius 2 is 2.00 bits per heavy atom. The molecule has 1 amide bonds. The second kappa shape index (κ2) is 9.88. The summed E-state index contributed by atoms with van der Waals surface area (Å²) in [5, 5.41) is 22.7. The maximum atomic E-state index is 12.3. The summed E-state index contributed by atoms with van der Waals surface area (Å²) in [4.78, 5) is 22.9. The molecule has 3 rings (SSSR count). The van der Waals surface area contributed by atoms with Gasteiger partial charge in [-0.1, -0.05) is 36.0 Å². The van der Waals surface area contributed by atoms with E-state index in [2.05, 4.69) is 15.5 Å². The average Bonchev–Trinajstić information content (AvgIpc) is 3.14. The van der Waals surface area contributed by atoms with E-state index in [1.54, 1.807) is 19.1 Å². The maximum absolute atomic E-state index is 12.3. The number of benzene rings is 2. The van der Waals surface area contributed by atoms with Crippen LogP contribution in [0.25, 0.3) is 0 Å². The number of rotatable bonds is 9. The number of aryl methyl sites for hydroxylation is 1. The molecule has 0 aliphatic heterocycles. The summed E-state index contributed by atoms with van der Waals surface area (Å²) in [6.07, 6.45) is 0. The van der Waals surface area contributed by atoms with E-state index in [9.17, 15) is 14.9 Å². The molecule has 9 nitrogen and oxygen atoms in total. The predicted molar refractivity (Wildman–Crippen MR) is 114 cm³/mol. The molecule has 1 heterocycles. The lowest BCUT2D eigenvalue weighted by Gasteiger charge is -2.09. The molecule has 156 valence electrons. The molecule has 1 aromatic heterocycles. The number of hydrogen-bond donors (Lipinski definition) is 1. The molecule has 1 N–H and O–H groups in total. The van der Waals surface area contributed by atoms with Crippen molar-refractivity contribution in [3.8, 4) is 5.75 Å². The number of nitro groups is 1. The molecule has 30 heavy (non-hydrogen) atoms. The second-order valence-electron chi connectivity index (χ2n) is 6.34. The molecule has 0 saturated carbocycles. The molecule has 0 atom stereocenters. The van der Waals surface area contributed by atoms with Gasteiger partial charge in [-0.3, -0.25) is 14.9 Å². The van der Waals surface area contributed by atoms with E-state index in [1.807, 2.05) is 41.8 Å². The Morgan fingerprint density at radius 1 is 1.23 bits per heavy atom. The molecule has 0 aliphatic carbocycles. The minimum absolute atomic E-state index is 0.0331. The Balaban J connectivity index is 1.59. The zero-order valence-electron chi connectivity index (χ0n) is 16.6. The predicted octanol–water partition coefficient (Wildman–Crippen LogP) is 3.82. The van der Waals surface area contributed by atoms with E-state index in [0.29, 0.717) is 28.8 Å². The number of aromatic nitrogens is 3. The number of nitrogens with zero attached hydrogens (tertiary/aromatic N) is 4. The van der Waals surface area contributed by atoms with E-state index in [1.165, 1.54) is 17.8 Å². The first kappa shape index (κ1) is 21.3. The summed E-state index contributed by atoms with van der Waals surface area (Å²) in [6.45, 7) is 4.51. The summed E-state index contributed by atoms with van der Waals surface area (Å²) in [6, 6.07) is 14.0. The second-order valence-corrected chi connectivity index (χ2v) is 7.28. The van der Waals surface area contributed by atoms with Crippen molar-refractivity contribution in [3.63, 3.8) is 0 Å². The molecule has 2 aromatic carbocycles. The quantitative estimate of drug-likeness (QED) is 0.314. The summed E-state index contributed by atoms with van der Waals surface area (Å²) in [7, 11) is 0. The molecule has 0 bridgehead atoms. The summed E-state index contributed by atoms with van der Waals surface area (Å²) < 4.78 is 7.61. The maximum Gasteiger partial charge on any atom is 0.274 e. The van der Waals surface area contributed by atoms with Gasteiger partial charge in [0.25, 0.3) is 5.69 Å². The summed E-state index contributed by atoms with van der Waals surface area (Å²) in [5.41, 5.74) is 0.884. The average molecular weight is 427 g/mol. The number of hydrogen-bond acceptors (Lipinski definition) is 7. The fourth-order valence-corrected chi connectivity index (χ4v) is 3.55. The third kappa shape index (κ3) is 5.35. The number of anilines is 1. The van der Waals surface area contributed by atoms with Crippen LogP contribution in [-0.2, 0) is 17.9 Å². The zero-order chi connectivity index (χ0) is 21.5. The molecular formula is C20H21N5O4S. The van der Waals surface area contributed by atoms with Crippen molar-refractivity contribution in [1.82, 2.24) is 14.8 Å². The zero-order valence-corrected chi connectivity index (χ0v) is 17.4. The van der Waals surface area contributed by atoms with Crippen molar-refractivity contribution in [2.24, 2.45) is 0 Å². The van der Waals surface area contributed by atoms with Crippen LogP contribution in [0.5, 0.6) is 5.75 Å². The number of ether oxygens (including phenoxy) is 1. The number of carbonyl (C=O) groups excluding carboxylic acids is 1. The molecular weight excluding hydrogens is 406 g/mol. The van der Waals surface area contributed by atoms with Crippen LogP contribution in [0.3, 0.4) is 0 Å². The molecule has 0 fully saturated rings. The van der Waals surface area contributed by atoms with E-state index in [-0.39, 0.29) is 24.0 Å². The fraction of sp³-hybridized carbons (Fsp3) is 0.250. The highest BCUT2D eigenvalue weighted by atomic mass is 32.2. The topological polar surface area (TPSA) is 112 Å². The molecule has 0 radical (unpaired) electrons. The first-order valence-corrected chi connectivity index (χ1v) is 10.2. The van der Waals surface area contributed by atoms with Gasteiger partial charge in [-0.25, -0.2) is 0 Å². The number of nitrogens with one attached hydrogen (secondary N) is 1. The Kier molecular flexibility index (Phi) is 7.02. The number of thioether (sulfide) groups is 1. The van der Waals surface area contributed by atoms with E-state index < -0.39 is 4.92 Å². The highest BCUT2D eigenvalue weighted by molar-refractivity contribution is 7.99. The van der Waals surface area contributed by atoms with Crippen LogP contribution >= 0.6 is 11.8 Å². The fourth-order valence-electron chi connectivity index (χ4n) is 2.73. The van der Waals surface area contributed by atoms with Gasteiger partial charge >= 0.3 is 0 Å². The Labute approximate surface area is 177 Å². The van der Waals surface area contributed by atoms with E-state index >= 15 is 0 Å². The molecule has 10 heteroatoms. The van der Waals surface area contributed by atoms with E-state index in [4.69, 9.17) is 4.74 Å². The van der Waals surface area contributed by atoms with Crippen molar-refractivity contribution >= 4 is 29.0 Å². The molecule has 0 unspecified atom stereocenters. The standard InChI is InChI=1S/C20H21N5O4S/c1-3-24-18(12-29-16-7-5-4-6-8-16)22-23-20(24)30-13-19(26)21-15-10-9-14(2)17(11-15)25(27)28/h4-11H,3,12-13H2,1-2H3,(H,21,26). The lowest BCUT2D eigenvalue weighted by Crippen LogP contribution is -2.15. The van der Waals surface area contributed by atoms with Crippen LogP contribution < -0.4 is 10.1 Å². The number of nitro benzene ring substituents is 1. The van der Waals surface area contributed by atoms with Gasteiger partial charge in [0.05, 0.1) is 10.7 Å². The molecule has 0 aliphatic rings. The Bertz CT molecular complexity index is 1040. The van der Waals surface area contributed by atoms with Gasteiger partial charge in [0.15, 0.2) is 11.0 Å². The van der Waals surface area contributed by atoms with Crippen LogP contribution in [0, 0.1) is 17.0 Å². The Hall–Kier alpha value is -3.40. The molecule has 0 saturated heterocycles. The van der Waals surface area contributed by atoms with Crippen molar-refractivity contribution in [3.05, 3.63) is 70.0 Å². The van der Waals surface area contributed by atoms with Crippen molar-refractivity contribution in [2.45, 2.75) is 32.2 Å². The first-order valence-electron chi connectivity index (χ1n) is 9.25. The first-order chi connectivity index (χ1) is 14.5. The Morgan fingerprint density at radius 3 is 2.70 bits per heavy atom. The lowest BCUT2D eigenvalue weighted by molar-refractivity contribution is -0.385. The SMILES string of the molecule is CCn1c(COc2ccccc2)nnc1SCC(=O)Nc1ccc(C)c([N+](=O)[O-])c1. The smallest absolute Gasteiger partial charge is 0.274 e. The van der Waals surface area contributed by atoms with Crippen LogP contribution in [0.2, 0.25) is 0 Å². The van der Waals surface area contributed by atoms with Gasteiger partial charge in [-0.15, -0.1) is 10.2 Å². The van der Waals surface area contributed by atoms with Crippen molar-refractivity contribution < 1.29 is 14.5 Å². The summed E-state index contributed by atoms with van der Waals surface area (Å²) >= 11 is 1.24. The van der Waals surface area contributed by atoms with Crippen LogP contribution in [0.1, 0.15) is 18.3 Å². The van der Waals surface area contributed by atoms with Crippen LogP contribution in [0.15, 0.2) is 53.7 Å².